The van der Waals surface area contributed by atoms with Crippen molar-refractivity contribution in [1.82, 2.24) is 0 Å². The molecule has 0 saturated heterocycles. The first-order chi connectivity index (χ1) is 7.84. The highest BCUT2D eigenvalue weighted by atomic mass is 32.1. The van der Waals surface area contributed by atoms with E-state index in [4.69, 9.17) is 0 Å². The summed E-state index contributed by atoms with van der Waals surface area (Å²) in [5.41, 5.74) is 0.812. The zero-order valence-corrected chi connectivity index (χ0v) is 9.82. The summed E-state index contributed by atoms with van der Waals surface area (Å²) in [6.07, 6.45) is -4.83. The Balaban J connectivity index is 2.40. The van der Waals surface area contributed by atoms with Crippen molar-refractivity contribution >= 4 is 11.3 Å². The number of aryl methyl sites for hydroxylation is 1. The smallest absolute Gasteiger partial charge is 0.330 e. The number of aliphatic hydroxyl groups excluding tert-OH is 1. The Morgan fingerprint density at radius 2 is 2.12 bits per heavy atom. The summed E-state index contributed by atoms with van der Waals surface area (Å²) in [5.74, 6) is -4.18. The van der Waals surface area contributed by atoms with Gasteiger partial charge in [-0.05, 0) is 23.9 Å². The lowest BCUT2D eigenvalue weighted by atomic mass is 10.2. The number of ether oxygens (including phenoxy) is 1. The van der Waals surface area contributed by atoms with Crippen LogP contribution in [0.1, 0.15) is 16.5 Å². The molecule has 2 nitrogen and oxygen atoms in total. The fourth-order valence-electron chi connectivity index (χ4n) is 1.17. The Kier molecular flexibility index (Phi) is 4.91. The molecule has 0 amide bonds. The van der Waals surface area contributed by atoms with Gasteiger partial charge in [-0.1, -0.05) is 0 Å². The predicted molar refractivity (Wildman–Crippen MR) is 55.8 cm³/mol. The maximum Gasteiger partial charge on any atom is 0.330 e. The third-order valence-corrected chi connectivity index (χ3v) is 3.21. The summed E-state index contributed by atoms with van der Waals surface area (Å²) in [4.78, 5) is 0.588. The van der Waals surface area contributed by atoms with Gasteiger partial charge in [-0.25, -0.2) is 8.78 Å². The van der Waals surface area contributed by atoms with Crippen molar-refractivity contribution < 1.29 is 27.4 Å². The Labute approximate surface area is 99.8 Å². The first-order valence-electron chi connectivity index (χ1n) is 4.80. The Morgan fingerprint density at radius 3 is 2.59 bits per heavy atom. The molecule has 7 heteroatoms. The molecule has 0 fully saturated rings. The van der Waals surface area contributed by atoms with Gasteiger partial charge in [0, 0.05) is 4.88 Å². The van der Waals surface area contributed by atoms with E-state index in [2.05, 4.69) is 4.74 Å². The van der Waals surface area contributed by atoms with E-state index in [1.165, 1.54) is 11.3 Å². The minimum absolute atomic E-state index is 0.427. The molecule has 0 aliphatic carbocycles. The van der Waals surface area contributed by atoms with Crippen LogP contribution in [0.5, 0.6) is 0 Å². The Morgan fingerprint density at radius 1 is 1.47 bits per heavy atom. The van der Waals surface area contributed by atoms with Crippen LogP contribution in [0.15, 0.2) is 11.4 Å². The zero-order valence-electron chi connectivity index (χ0n) is 9.00. The quantitative estimate of drug-likeness (QED) is 0.807. The summed E-state index contributed by atoms with van der Waals surface area (Å²) in [6, 6.07) is 1.76. The van der Waals surface area contributed by atoms with Gasteiger partial charge in [0.2, 0.25) is 0 Å². The summed E-state index contributed by atoms with van der Waals surface area (Å²) in [6.45, 7) is -0.0708. The van der Waals surface area contributed by atoms with Crippen LogP contribution in [0.4, 0.5) is 17.6 Å². The van der Waals surface area contributed by atoms with Crippen LogP contribution >= 0.6 is 11.3 Å². The fourth-order valence-corrected chi connectivity index (χ4v) is 2.07. The van der Waals surface area contributed by atoms with E-state index >= 15 is 0 Å². The minimum atomic E-state index is -4.18. The van der Waals surface area contributed by atoms with E-state index < -0.39 is 31.7 Å². The second-order valence-corrected chi connectivity index (χ2v) is 4.51. The molecule has 1 aromatic rings. The van der Waals surface area contributed by atoms with Gasteiger partial charge in [-0.2, -0.15) is 8.78 Å². The van der Waals surface area contributed by atoms with Gasteiger partial charge in [0.25, 0.3) is 0 Å². The van der Waals surface area contributed by atoms with Gasteiger partial charge < -0.3 is 9.84 Å². The van der Waals surface area contributed by atoms with Gasteiger partial charge in [0.1, 0.15) is 12.7 Å². The molecule has 0 aromatic carbocycles. The summed E-state index contributed by atoms with van der Waals surface area (Å²) < 4.78 is 52.9. The normalized spacial score (nSPS) is 14.3. The molecule has 0 bridgehead atoms. The van der Waals surface area contributed by atoms with Gasteiger partial charge in [-0.15, -0.1) is 11.3 Å². The lowest BCUT2D eigenvalue weighted by Gasteiger charge is -2.17. The summed E-state index contributed by atoms with van der Waals surface area (Å²) in [7, 11) is 0. The highest BCUT2D eigenvalue weighted by Gasteiger charge is 2.41. The average molecular weight is 272 g/mol. The maximum absolute atomic E-state index is 12.5. The van der Waals surface area contributed by atoms with E-state index in [1.807, 2.05) is 0 Å². The van der Waals surface area contributed by atoms with Crippen molar-refractivity contribution in [1.29, 1.82) is 0 Å². The Hall–Kier alpha value is -0.660. The van der Waals surface area contributed by atoms with Crippen molar-refractivity contribution in [3.63, 3.8) is 0 Å². The van der Waals surface area contributed by atoms with Crippen LogP contribution in [0, 0.1) is 6.92 Å². The molecule has 17 heavy (non-hydrogen) atoms. The largest absolute Gasteiger partial charge is 0.385 e. The molecular formula is C10H12F4O2S. The molecule has 0 saturated carbocycles. The molecule has 1 aromatic heterocycles. The number of halogens is 4. The SMILES string of the molecule is Cc1ccsc1C(O)COCC(F)(F)C(F)F. The van der Waals surface area contributed by atoms with Gasteiger partial charge in [0.15, 0.2) is 0 Å². The molecule has 1 N–H and O–H groups in total. The standard InChI is InChI=1S/C10H12F4O2S/c1-6-2-3-17-8(6)7(15)4-16-5-10(13,14)9(11)12/h2-3,7,9,15H,4-5H2,1H3. The minimum Gasteiger partial charge on any atom is -0.385 e. The van der Waals surface area contributed by atoms with Crippen LogP contribution in [0.2, 0.25) is 0 Å². The van der Waals surface area contributed by atoms with Crippen LogP contribution in [0.25, 0.3) is 0 Å². The second-order valence-electron chi connectivity index (χ2n) is 3.56. The molecule has 0 aliphatic heterocycles. The summed E-state index contributed by atoms with van der Waals surface area (Å²) in [5, 5.41) is 11.3. The monoisotopic (exact) mass is 272 g/mol. The number of aliphatic hydroxyl groups is 1. The van der Waals surface area contributed by atoms with E-state index in [9.17, 15) is 22.7 Å². The third kappa shape index (κ3) is 3.93. The number of alkyl halides is 4. The zero-order chi connectivity index (χ0) is 13.1. The lowest BCUT2D eigenvalue weighted by Crippen LogP contribution is -2.33. The third-order valence-electron chi connectivity index (χ3n) is 2.09. The number of hydrogen-bond donors (Lipinski definition) is 1. The first-order valence-corrected chi connectivity index (χ1v) is 5.68. The number of hydrogen-bond acceptors (Lipinski definition) is 3. The Bertz CT molecular complexity index is 354. The van der Waals surface area contributed by atoms with Crippen LogP contribution in [0.3, 0.4) is 0 Å². The van der Waals surface area contributed by atoms with Crippen molar-refractivity contribution in [3.05, 3.63) is 21.9 Å². The highest BCUT2D eigenvalue weighted by Crippen LogP contribution is 2.26. The second kappa shape index (κ2) is 5.79. The molecule has 98 valence electrons. The molecule has 1 heterocycles. The van der Waals surface area contributed by atoms with E-state index in [0.29, 0.717) is 4.88 Å². The number of thiophene rings is 1. The average Bonchev–Trinajstić information content (AvgIpc) is 2.63. The molecule has 0 radical (unpaired) electrons. The fraction of sp³-hybridized carbons (Fsp3) is 0.600. The number of rotatable bonds is 6. The van der Waals surface area contributed by atoms with Gasteiger partial charge >= 0.3 is 12.3 Å². The van der Waals surface area contributed by atoms with E-state index in [1.54, 1.807) is 18.4 Å². The summed E-state index contributed by atoms with van der Waals surface area (Å²) >= 11 is 1.26. The van der Waals surface area contributed by atoms with Gasteiger partial charge in [-0.3, -0.25) is 0 Å². The van der Waals surface area contributed by atoms with Crippen molar-refractivity contribution in [2.75, 3.05) is 13.2 Å². The highest BCUT2D eigenvalue weighted by molar-refractivity contribution is 7.10. The molecular weight excluding hydrogens is 260 g/mol. The van der Waals surface area contributed by atoms with Gasteiger partial charge in [0.05, 0.1) is 6.61 Å². The van der Waals surface area contributed by atoms with Crippen molar-refractivity contribution in [2.24, 2.45) is 0 Å². The van der Waals surface area contributed by atoms with Crippen LogP contribution < -0.4 is 0 Å². The maximum atomic E-state index is 12.5. The molecule has 0 aliphatic rings. The van der Waals surface area contributed by atoms with Crippen molar-refractivity contribution in [2.45, 2.75) is 25.4 Å². The first kappa shape index (κ1) is 14.4. The molecule has 1 rings (SSSR count). The van der Waals surface area contributed by atoms with Crippen LogP contribution in [-0.4, -0.2) is 30.7 Å². The molecule has 1 unspecified atom stereocenters. The van der Waals surface area contributed by atoms with E-state index in [0.717, 1.165) is 5.56 Å². The van der Waals surface area contributed by atoms with E-state index in [-0.39, 0.29) is 0 Å². The van der Waals surface area contributed by atoms with Crippen molar-refractivity contribution in [3.8, 4) is 0 Å². The van der Waals surface area contributed by atoms with Crippen LogP contribution in [-0.2, 0) is 4.74 Å². The molecule has 0 spiro atoms. The molecule has 1 atom stereocenters. The topological polar surface area (TPSA) is 29.5 Å². The predicted octanol–water partition coefficient (Wildman–Crippen LogP) is 3.01. The lowest BCUT2D eigenvalue weighted by molar-refractivity contribution is -0.170.